The molecular weight excluding hydrogens is 383 g/mol. The van der Waals surface area contributed by atoms with E-state index in [9.17, 15) is 0 Å². The Hall–Kier alpha value is -1.04. The van der Waals surface area contributed by atoms with Gasteiger partial charge in [0, 0.05) is 18.3 Å². The van der Waals surface area contributed by atoms with Gasteiger partial charge in [-0.2, -0.15) is 0 Å². The third-order valence-electron chi connectivity index (χ3n) is 1.07. The van der Waals surface area contributed by atoms with Gasteiger partial charge in [-0.15, -0.1) is 23.5 Å². The Labute approximate surface area is 156 Å². The molecule has 3 N–H and O–H groups in total. The van der Waals surface area contributed by atoms with Crippen molar-refractivity contribution in [1.29, 1.82) is 0 Å². The average Bonchev–Trinajstić information content (AvgIpc) is 2.41. The second kappa shape index (κ2) is 21.0. The van der Waals surface area contributed by atoms with Crippen molar-refractivity contribution in [2.45, 2.75) is 34.6 Å². The van der Waals surface area contributed by atoms with Crippen LogP contribution in [0.2, 0.25) is 0 Å². The molecule has 0 aromatic carbocycles. The van der Waals surface area contributed by atoms with Crippen molar-refractivity contribution >= 4 is 51.3 Å². The number of nitrogens with zero attached hydrogens (tertiary/aromatic N) is 4. The van der Waals surface area contributed by atoms with E-state index < -0.39 is 5.97 Å². The molecule has 11 heteroatoms. The van der Waals surface area contributed by atoms with Crippen molar-refractivity contribution in [2.24, 2.45) is 20.4 Å². The number of carbonyl (C=O) groups is 1. The summed E-state index contributed by atoms with van der Waals surface area (Å²) in [5, 5.41) is 22.4. The quantitative estimate of drug-likeness (QED) is 0.412. The van der Waals surface area contributed by atoms with Crippen LogP contribution in [0.15, 0.2) is 20.4 Å². The zero-order valence-electron chi connectivity index (χ0n) is 14.3. The molecule has 134 valence electrons. The normalized spacial score (nSPS) is 9.87. The number of hydrogen-bond donors (Lipinski definition) is 1. The molecule has 0 rings (SSSR count). The standard InChI is InChI=1S/2C5H10N3S.C2H4O2.Co/c2*1-4(2)7-8-5(6)9-3;1-2(3)4;/h2*1-3H3,(H-,6,8);1H3,(H,3,4);/q2*-1;;+3. The fraction of sp³-hybridized carbons (Fsp3) is 0.583. The number of rotatable bonds is 2. The van der Waals surface area contributed by atoms with Crippen LogP contribution in [0.3, 0.4) is 0 Å². The van der Waals surface area contributed by atoms with Crippen molar-refractivity contribution in [3.63, 3.8) is 0 Å². The van der Waals surface area contributed by atoms with E-state index in [-0.39, 0.29) is 27.1 Å². The Morgan fingerprint density at radius 2 is 1.00 bits per heavy atom. The van der Waals surface area contributed by atoms with Crippen molar-refractivity contribution in [3.05, 3.63) is 11.5 Å². The molecule has 8 nitrogen and oxygen atoms in total. The van der Waals surface area contributed by atoms with Gasteiger partial charge in [-0.05, 0) is 50.5 Å². The summed E-state index contributed by atoms with van der Waals surface area (Å²) in [5.74, 6) is -0.833. The summed E-state index contributed by atoms with van der Waals surface area (Å²) in [6, 6.07) is 0. The molecule has 0 aliphatic carbocycles. The first-order valence-electron chi connectivity index (χ1n) is 5.95. The molecule has 0 atom stereocenters. The average molecular weight is 407 g/mol. The van der Waals surface area contributed by atoms with E-state index in [1.165, 1.54) is 23.5 Å². The van der Waals surface area contributed by atoms with Gasteiger partial charge in [0.25, 0.3) is 5.97 Å². The predicted molar refractivity (Wildman–Crippen MR) is 101 cm³/mol. The predicted octanol–water partition coefficient (Wildman–Crippen LogP) is 4.40. The number of thioether (sulfide) groups is 2. The SMILES string of the molecule is CC(=O)O.CSC([NH-])=NN=C(C)C.CSC([NH-])=NN=C(C)C.[Co+3]. The Kier molecular flexibility index (Phi) is 27.2. The minimum absolute atomic E-state index is 0. The van der Waals surface area contributed by atoms with E-state index >= 15 is 0 Å². The summed E-state index contributed by atoms with van der Waals surface area (Å²) >= 11 is 2.55. The molecular formula is C12H24CoN6O2S2+. The van der Waals surface area contributed by atoms with E-state index in [1.807, 2.05) is 27.7 Å². The van der Waals surface area contributed by atoms with Gasteiger partial charge in [0.15, 0.2) is 0 Å². The van der Waals surface area contributed by atoms with Crippen LogP contribution in [-0.2, 0) is 21.6 Å². The summed E-state index contributed by atoms with van der Waals surface area (Å²) in [6.07, 6.45) is 3.60. The van der Waals surface area contributed by atoms with Crippen LogP contribution in [0.4, 0.5) is 0 Å². The second-order valence-electron chi connectivity index (χ2n) is 3.83. The minimum atomic E-state index is -0.833. The van der Waals surface area contributed by atoms with Gasteiger partial charge in [0.05, 0.1) is 0 Å². The molecule has 0 amide bonds. The molecule has 0 fully saturated rings. The van der Waals surface area contributed by atoms with Crippen molar-refractivity contribution in [3.8, 4) is 0 Å². The van der Waals surface area contributed by atoms with Gasteiger partial charge in [-0.25, -0.2) is 0 Å². The maximum absolute atomic E-state index is 9.00. The van der Waals surface area contributed by atoms with Gasteiger partial charge >= 0.3 is 16.8 Å². The number of carboxylic acid groups (broad SMARTS) is 1. The van der Waals surface area contributed by atoms with Gasteiger partial charge in [-0.3, -0.25) is 15.0 Å². The maximum Gasteiger partial charge on any atom is 3.00 e. The first-order chi connectivity index (χ1) is 10.1. The van der Waals surface area contributed by atoms with Crippen molar-refractivity contribution in [2.75, 3.05) is 12.5 Å². The summed E-state index contributed by atoms with van der Waals surface area (Å²) in [7, 11) is 0. The smallest absolute Gasteiger partial charge is 0.481 e. The maximum atomic E-state index is 9.00. The summed E-state index contributed by atoms with van der Waals surface area (Å²) in [4.78, 5) is 9.00. The van der Waals surface area contributed by atoms with Crippen LogP contribution in [0.25, 0.3) is 11.5 Å². The number of hydrogen-bond acceptors (Lipinski definition) is 7. The first kappa shape index (κ1) is 29.9. The largest absolute Gasteiger partial charge is 3.00 e. The van der Waals surface area contributed by atoms with Crippen LogP contribution in [0.5, 0.6) is 0 Å². The van der Waals surface area contributed by atoms with Gasteiger partial charge < -0.3 is 26.8 Å². The van der Waals surface area contributed by atoms with Crippen molar-refractivity contribution < 1.29 is 26.7 Å². The van der Waals surface area contributed by atoms with E-state index in [0.29, 0.717) is 0 Å². The van der Waals surface area contributed by atoms with Gasteiger partial charge in [0.2, 0.25) is 0 Å². The number of aliphatic carboxylic acids is 1. The molecule has 0 aliphatic heterocycles. The van der Waals surface area contributed by atoms with E-state index in [0.717, 1.165) is 18.3 Å². The molecule has 0 saturated heterocycles. The zero-order valence-corrected chi connectivity index (χ0v) is 17.0. The number of amidine groups is 2. The number of nitrogens with one attached hydrogen (secondary N) is 2. The second-order valence-corrected chi connectivity index (χ2v) is 5.42. The topological polar surface area (TPSA) is 134 Å². The van der Waals surface area contributed by atoms with Crippen molar-refractivity contribution in [1.82, 2.24) is 0 Å². The third-order valence-corrected chi connectivity index (χ3v) is 2.01. The Morgan fingerprint density at radius 3 is 1.13 bits per heavy atom. The van der Waals surface area contributed by atoms with E-state index in [4.69, 9.17) is 21.4 Å². The van der Waals surface area contributed by atoms with Crippen LogP contribution in [0, 0.1) is 0 Å². The molecule has 0 radical (unpaired) electrons. The summed E-state index contributed by atoms with van der Waals surface area (Å²) in [6.45, 7) is 8.46. The third kappa shape index (κ3) is 44.9. The first-order valence-corrected chi connectivity index (χ1v) is 8.40. The molecule has 0 aromatic heterocycles. The molecule has 0 bridgehead atoms. The van der Waals surface area contributed by atoms with Gasteiger partial charge in [0.1, 0.15) is 0 Å². The Morgan fingerprint density at radius 1 is 0.783 bits per heavy atom. The van der Waals surface area contributed by atoms with Gasteiger partial charge in [-0.1, -0.05) is 0 Å². The van der Waals surface area contributed by atoms with E-state index in [1.54, 1.807) is 12.5 Å². The molecule has 0 unspecified atom stereocenters. The Balaban J connectivity index is -0.000000124. The molecule has 0 saturated carbocycles. The van der Waals surface area contributed by atoms with Crippen LogP contribution in [-0.4, -0.2) is 45.3 Å². The Bertz CT molecular complexity index is 393. The van der Waals surface area contributed by atoms with Crippen LogP contribution in [0.1, 0.15) is 34.6 Å². The monoisotopic (exact) mass is 407 g/mol. The fourth-order valence-corrected chi connectivity index (χ4v) is 0.617. The molecule has 23 heavy (non-hydrogen) atoms. The minimum Gasteiger partial charge on any atom is -0.481 e. The molecule has 0 aliphatic rings. The fourth-order valence-electron chi connectivity index (χ4n) is 0.372. The molecule has 0 aromatic rings. The summed E-state index contributed by atoms with van der Waals surface area (Å²) < 4.78 is 0. The molecule has 0 spiro atoms. The van der Waals surface area contributed by atoms with Crippen LogP contribution >= 0.6 is 23.5 Å². The van der Waals surface area contributed by atoms with E-state index in [2.05, 4.69) is 20.4 Å². The zero-order chi connectivity index (χ0) is 18.1. The summed E-state index contributed by atoms with van der Waals surface area (Å²) in [5.41, 5.74) is 15.8. The number of carboxylic acids is 1. The molecule has 0 heterocycles. The van der Waals surface area contributed by atoms with Crippen LogP contribution < -0.4 is 0 Å².